The molecule has 1 nitrogen and oxygen atoms in total. The second-order valence-corrected chi connectivity index (χ2v) is 2.88. The Morgan fingerprint density at radius 3 is 2.00 bits per heavy atom. The third-order valence-corrected chi connectivity index (χ3v) is 1.99. The first kappa shape index (κ1) is 7.87. The van der Waals surface area contributed by atoms with Crippen molar-refractivity contribution < 1.29 is 5.11 Å². The van der Waals surface area contributed by atoms with Crippen molar-refractivity contribution in [2.24, 2.45) is 0 Å². The Kier molecular flexibility index (Phi) is 2.01. The second kappa shape index (κ2) is 3.31. The molecule has 0 spiro atoms. The number of benzene rings is 2. The van der Waals surface area contributed by atoms with Crippen LogP contribution in [-0.2, 0) is 0 Å². The first-order valence-electron chi connectivity index (χ1n) is 4.21. The average Bonchev–Trinajstić information content (AvgIpc) is 2.20. The molecule has 0 saturated carbocycles. The van der Waals surface area contributed by atoms with Gasteiger partial charge in [0.2, 0.25) is 0 Å². The fourth-order valence-corrected chi connectivity index (χ4v) is 1.34. The van der Waals surface area contributed by atoms with E-state index in [1.807, 2.05) is 48.5 Å². The summed E-state index contributed by atoms with van der Waals surface area (Å²) in [4.78, 5) is 0. The van der Waals surface area contributed by atoms with Gasteiger partial charge in [0.25, 0.3) is 0 Å². The van der Waals surface area contributed by atoms with E-state index in [0.29, 0.717) is 5.75 Å². The largest absolute Gasteiger partial charge is 0.507 e. The van der Waals surface area contributed by atoms with E-state index in [1.165, 1.54) is 0 Å². The molecular formula is C12H10O. The summed E-state index contributed by atoms with van der Waals surface area (Å²) >= 11 is 0. The predicted octanol–water partition coefficient (Wildman–Crippen LogP) is 3.06. The van der Waals surface area contributed by atoms with Crippen molar-refractivity contribution in [3.63, 3.8) is 0 Å². The van der Waals surface area contributed by atoms with Gasteiger partial charge in [-0.2, -0.15) is 0 Å². The van der Waals surface area contributed by atoms with Crippen molar-refractivity contribution in [2.75, 3.05) is 0 Å². The van der Waals surface area contributed by atoms with Gasteiger partial charge in [-0.05, 0) is 11.6 Å². The quantitative estimate of drug-likeness (QED) is 0.707. The number of hydrogen-bond acceptors (Lipinski definition) is 1. The van der Waals surface area contributed by atoms with Crippen molar-refractivity contribution in [3.8, 4) is 16.9 Å². The molecule has 2 aromatic rings. The van der Waals surface area contributed by atoms with Crippen LogP contribution in [0.1, 0.15) is 0 Å². The zero-order valence-corrected chi connectivity index (χ0v) is 7.14. The Hall–Kier alpha value is -1.76. The van der Waals surface area contributed by atoms with Gasteiger partial charge in [0.15, 0.2) is 0 Å². The molecule has 0 amide bonds. The maximum atomic E-state index is 9.56. The van der Waals surface area contributed by atoms with Crippen molar-refractivity contribution >= 4 is 0 Å². The normalized spacial score (nSPS) is 9.85. The summed E-state index contributed by atoms with van der Waals surface area (Å²) in [7, 11) is 0. The smallest absolute Gasteiger partial charge is 0.123 e. The fraction of sp³-hybridized carbons (Fsp3) is 0. The lowest BCUT2D eigenvalue weighted by molar-refractivity contribution is 0.477. The Morgan fingerprint density at radius 1 is 0.692 bits per heavy atom. The van der Waals surface area contributed by atoms with Gasteiger partial charge in [-0.25, -0.2) is 0 Å². The van der Waals surface area contributed by atoms with Crippen LogP contribution in [-0.4, -0.2) is 5.11 Å². The molecule has 13 heavy (non-hydrogen) atoms. The third kappa shape index (κ3) is 1.54. The molecule has 0 atom stereocenters. The molecule has 2 aromatic carbocycles. The van der Waals surface area contributed by atoms with E-state index in [1.54, 1.807) is 6.07 Å². The molecule has 0 unspecified atom stereocenters. The zero-order chi connectivity index (χ0) is 9.10. The molecule has 0 aliphatic heterocycles. The van der Waals surface area contributed by atoms with Crippen molar-refractivity contribution in [1.29, 1.82) is 0 Å². The predicted molar refractivity (Wildman–Crippen MR) is 53.5 cm³/mol. The lowest BCUT2D eigenvalue weighted by Gasteiger charge is -2.02. The molecule has 0 saturated heterocycles. The molecule has 0 bridgehead atoms. The SMILES string of the molecule is Oc1ccccc1-[13c]1[13cH][13cH][13cH][13cH][13cH]1. The van der Waals surface area contributed by atoms with Gasteiger partial charge in [-0.3, -0.25) is 0 Å². The first-order chi connectivity index (χ1) is 6.38. The van der Waals surface area contributed by atoms with E-state index >= 15 is 0 Å². The van der Waals surface area contributed by atoms with Gasteiger partial charge in [-0.15, -0.1) is 0 Å². The van der Waals surface area contributed by atoms with Crippen LogP contribution in [0.25, 0.3) is 11.1 Å². The van der Waals surface area contributed by atoms with Gasteiger partial charge >= 0.3 is 0 Å². The van der Waals surface area contributed by atoms with Crippen LogP contribution in [0.2, 0.25) is 0 Å². The van der Waals surface area contributed by atoms with E-state index in [0.717, 1.165) is 11.1 Å². The monoisotopic (exact) mass is 176 g/mol. The second-order valence-electron chi connectivity index (χ2n) is 2.88. The number of para-hydroxylation sites is 1. The van der Waals surface area contributed by atoms with Crippen molar-refractivity contribution in [1.82, 2.24) is 0 Å². The molecule has 1 N–H and O–H groups in total. The van der Waals surface area contributed by atoms with Gasteiger partial charge < -0.3 is 5.11 Å². The number of aromatic hydroxyl groups is 1. The molecular weight excluding hydrogens is 166 g/mol. The van der Waals surface area contributed by atoms with Crippen LogP contribution in [0.5, 0.6) is 5.75 Å². The van der Waals surface area contributed by atoms with E-state index in [9.17, 15) is 5.11 Å². The average molecular weight is 176 g/mol. The molecule has 2 rings (SSSR count). The highest BCUT2D eigenvalue weighted by atomic mass is 16.3. The highest BCUT2D eigenvalue weighted by Gasteiger charge is 2.00. The summed E-state index contributed by atoms with van der Waals surface area (Å²) < 4.78 is 0. The maximum absolute atomic E-state index is 9.56. The maximum Gasteiger partial charge on any atom is 0.123 e. The number of rotatable bonds is 1. The van der Waals surface area contributed by atoms with Gasteiger partial charge in [0.1, 0.15) is 5.75 Å². The lowest BCUT2D eigenvalue weighted by Crippen LogP contribution is -1.76. The van der Waals surface area contributed by atoms with E-state index in [4.69, 9.17) is 0 Å². The minimum atomic E-state index is 0.328. The molecule has 0 radical (unpaired) electrons. The first-order valence-corrected chi connectivity index (χ1v) is 4.21. The van der Waals surface area contributed by atoms with Crippen LogP contribution < -0.4 is 0 Å². The highest BCUT2D eigenvalue weighted by molar-refractivity contribution is 5.69. The minimum absolute atomic E-state index is 0.328. The molecule has 1 heteroatoms. The summed E-state index contributed by atoms with van der Waals surface area (Å²) in [6.07, 6.45) is 0. The summed E-state index contributed by atoms with van der Waals surface area (Å²) in [5.41, 5.74) is 1.92. The summed E-state index contributed by atoms with van der Waals surface area (Å²) in [6.45, 7) is 0. The fourth-order valence-electron chi connectivity index (χ4n) is 1.34. The van der Waals surface area contributed by atoms with E-state index in [-0.39, 0.29) is 0 Å². The minimum Gasteiger partial charge on any atom is -0.507 e. The number of phenolic OH excluding ortho intramolecular Hbond substituents is 1. The van der Waals surface area contributed by atoms with Crippen LogP contribution in [0.15, 0.2) is 54.6 Å². The van der Waals surface area contributed by atoms with Crippen LogP contribution in [0, 0.1) is 0 Å². The van der Waals surface area contributed by atoms with Crippen LogP contribution in [0.4, 0.5) is 0 Å². The van der Waals surface area contributed by atoms with Crippen LogP contribution >= 0.6 is 0 Å². The third-order valence-electron chi connectivity index (χ3n) is 1.99. The molecule has 0 aromatic heterocycles. The van der Waals surface area contributed by atoms with Gasteiger partial charge in [0.05, 0.1) is 0 Å². The highest BCUT2D eigenvalue weighted by Crippen LogP contribution is 2.27. The van der Waals surface area contributed by atoms with Gasteiger partial charge in [0, 0.05) is 5.56 Å². The molecule has 0 aliphatic carbocycles. The summed E-state index contributed by atoms with van der Waals surface area (Å²) in [6, 6.07) is 17.2. The Morgan fingerprint density at radius 2 is 1.31 bits per heavy atom. The topological polar surface area (TPSA) is 20.2 Å². The standard InChI is InChI=1S/C12H10O/c13-12-9-5-4-8-11(12)10-6-2-1-3-7-10/h1-9,13H/i1+1,2+1,3+1,6+1,7+1,10+1. The van der Waals surface area contributed by atoms with E-state index in [2.05, 4.69) is 0 Å². The zero-order valence-electron chi connectivity index (χ0n) is 7.14. The number of hydrogen-bond donors (Lipinski definition) is 1. The Labute approximate surface area is 77.3 Å². The van der Waals surface area contributed by atoms with Crippen molar-refractivity contribution in [3.05, 3.63) is 54.6 Å². The number of phenols is 1. The summed E-state index contributed by atoms with van der Waals surface area (Å²) in [5, 5.41) is 9.56. The molecule has 0 aliphatic rings. The van der Waals surface area contributed by atoms with Gasteiger partial charge in [-0.1, -0.05) is 48.5 Å². The summed E-state index contributed by atoms with van der Waals surface area (Å²) in [5.74, 6) is 0.328. The van der Waals surface area contributed by atoms with Crippen molar-refractivity contribution in [2.45, 2.75) is 0 Å². The lowest BCUT2D eigenvalue weighted by atomic mass is 10.2. The van der Waals surface area contributed by atoms with Crippen LogP contribution in [0.3, 0.4) is 0 Å². The molecule has 0 fully saturated rings. The Bertz CT molecular complexity index is 393. The Balaban J connectivity index is 2.54. The molecule has 0 heterocycles. The van der Waals surface area contributed by atoms with E-state index < -0.39 is 0 Å². The molecule has 64 valence electrons.